The third-order valence-electron chi connectivity index (χ3n) is 4.78. The van der Waals surface area contributed by atoms with Gasteiger partial charge in [-0.15, -0.1) is 0 Å². The number of carbonyl (C=O) groups is 2. The Morgan fingerprint density at radius 3 is 1.30 bits per heavy atom. The summed E-state index contributed by atoms with van der Waals surface area (Å²) in [5, 5.41) is 0. The molecule has 0 bridgehead atoms. The van der Waals surface area contributed by atoms with Crippen LogP contribution in [0.25, 0.3) is 0 Å². The van der Waals surface area contributed by atoms with Crippen molar-refractivity contribution in [3.8, 4) is 0 Å². The number of amides is 2. The predicted molar refractivity (Wildman–Crippen MR) is 90.5 cm³/mol. The summed E-state index contributed by atoms with van der Waals surface area (Å²) in [5.41, 5.74) is 11.6. The van der Waals surface area contributed by atoms with Gasteiger partial charge in [-0.3, -0.25) is 9.59 Å². The van der Waals surface area contributed by atoms with E-state index < -0.39 is 29.1 Å². The molecule has 4 N–H and O–H groups in total. The molecule has 0 radical (unpaired) electrons. The van der Waals surface area contributed by atoms with Gasteiger partial charge in [-0.05, 0) is 11.1 Å². The maximum Gasteiger partial charge on any atom is 0.234 e. The number of rotatable bonds is 6. The Morgan fingerprint density at radius 1 is 0.739 bits per heavy atom. The minimum atomic E-state index is -1.50. The fourth-order valence-corrected chi connectivity index (χ4v) is 3.36. The second-order valence-corrected chi connectivity index (χ2v) is 5.86. The lowest BCUT2D eigenvalue weighted by Crippen LogP contribution is -2.54. The first-order valence-corrected chi connectivity index (χ1v) is 7.62. The van der Waals surface area contributed by atoms with E-state index in [-0.39, 0.29) is 0 Å². The molecule has 0 saturated carbocycles. The second kappa shape index (κ2) is 6.65. The largest absolute Gasteiger partial charge is 0.369 e. The van der Waals surface area contributed by atoms with E-state index in [0.717, 1.165) is 11.1 Å². The molecule has 2 aromatic carbocycles. The van der Waals surface area contributed by atoms with Crippen molar-refractivity contribution in [3.05, 3.63) is 71.8 Å². The molecule has 0 spiro atoms. The molecule has 2 amide bonds. The van der Waals surface area contributed by atoms with Crippen LogP contribution in [0.3, 0.4) is 0 Å². The minimum absolute atomic E-state index is 0.436. The molecule has 0 aliphatic carbocycles. The van der Waals surface area contributed by atoms with Crippen LogP contribution in [0.5, 0.6) is 0 Å². The van der Waals surface area contributed by atoms with Crippen LogP contribution < -0.4 is 11.5 Å². The van der Waals surface area contributed by atoms with E-state index in [9.17, 15) is 9.59 Å². The third-order valence-corrected chi connectivity index (χ3v) is 4.78. The number of carbonyl (C=O) groups excluding carboxylic acids is 2. The molecule has 0 aromatic heterocycles. The van der Waals surface area contributed by atoms with Gasteiger partial charge in [-0.1, -0.05) is 74.5 Å². The highest BCUT2D eigenvalue weighted by Crippen LogP contribution is 2.46. The number of benzene rings is 2. The minimum Gasteiger partial charge on any atom is -0.369 e. The molecule has 2 rings (SSSR count). The Labute approximate surface area is 136 Å². The summed E-state index contributed by atoms with van der Waals surface area (Å²) in [6, 6.07) is 18.7. The first-order valence-electron chi connectivity index (χ1n) is 7.62. The molecular weight excluding hydrogens is 288 g/mol. The zero-order chi connectivity index (χ0) is 17.0. The van der Waals surface area contributed by atoms with E-state index in [2.05, 4.69) is 0 Å². The van der Waals surface area contributed by atoms with E-state index in [1.54, 1.807) is 0 Å². The lowest BCUT2D eigenvalue weighted by Gasteiger charge is -2.39. The van der Waals surface area contributed by atoms with Gasteiger partial charge >= 0.3 is 0 Å². The monoisotopic (exact) mass is 310 g/mol. The van der Waals surface area contributed by atoms with Gasteiger partial charge in [0.1, 0.15) is 5.41 Å². The molecule has 4 heteroatoms. The first-order chi connectivity index (χ1) is 10.9. The highest BCUT2D eigenvalue weighted by Gasteiger charge is 2.53. The Balaban J connectivity index is 2.61. The van der Waals surface area contributed by atoms with Crippen LogP contribution in [0.4, 0.5) is 0 Å². The predicted octanol–water partition coefficient (Wildman–Crippen LogP) is 2.55. The summed E-state index contributed by atoms with van der Waals surface area (Å²) in [6.45, 7) is 3.65. The van der Waals surface area contributed by atoms with Crippen molar-refractivity contribution in [2.24, 2.45) is 16.9 Å². The van der Waals surface area contributed by atoms with Gasteiger partial charge in [0.25, 0.3) is 0 Å². The number of hydrogen-bond donors (Lipinski definition) is 2. The lowest BCUT2D eigenvalue weighted by molar-refractivity contribution is -0.142. The second-order valence-electron chi connectivity index (χ2n) is 5.86. The van der Waals surface area contributed by atoms with Crippen LogP contribution in [-0.4, -0.2) is 11.8 Å². The van der Waals surface area contributed by atoms with Gasteiger partial charge < -0.3 is 11.5 Å². The van der Waals surface area contributed by atoms with E-state index in [1.807, 2.05) is 74.5 Å². The lowest BCUT2D eigenvalue weighted by atomic mass is 9.62. The molecule has 0 aliphatic heterocycles. The van der Waals surface area contributed by atoms with Gasteiger partial charge in [-0.2, -0.15) is 0 Å². The van der Waals surface area contributed by atoms with Crippen molar-refractivity contribution in [1.29, 1.82) is 0 Å². The first kappa shape index (κ1) is 16.7. The van der Waals surface area contributed by atoms with E-state index in [0.29, 0.717) is 0 Å². The fourth-order valence-electron chi connectivity index (χ4n) is 3.36. The van der Waals surface area contributed by atoms with Gasteiger partial charge in [0, 0.05) is 11.8 Å². The summed E-state index contributed by atoms with van der Waals surface area (Å²) in [7, 11) is 0. The summed E-state index contributed by atoms with van der Waals surface area (Å²) >= 11 is 0. The summed E-state index contributed by atoms with van der Waals surface area (Å²) in [4.78, 5) is 24.8. The van der Waals surface area contributed by atoms with Crippen molar-refractivity contribution in [1.82, 2.24) is 0 Å². The Bertz CT molecular complexity index is 622. The van der Waals surface area contributed by atoms with Gasteiger partial charge in [0.2, 0.25) is 11.8 Å². The zero-order valence-electron chi connectivity index (χ0n) is 13.4. The molecule has 0 fully saturated rings. The number of nitrogens with two attached hydrogens (primary N) is 2. The SMILES string of the molecule is CC(c1ccccc1)C(C(N)=O)(C(N)=O)C(C)c1ccccc1. The Hall–Kier alpha value is -2.62. The van der Waals surface area contributed by atoms with Gasteiger partial charge in [0.05, 0.1) is 0 Å². The maximum atomic E-state index is 12.4. The van der Waals surface area contributed by atoms with Crippen molar-refractivity contribution in [2.45, 2.75) is 25.7 Å². The molecule has 2 unspecified atom stereocenters. The van der Waals surface area contributed by atoms with E-state index >= 15 is 0 Å². The summed E-state index contributed by atoms with van der Waals surface area (Å²) < 4.78 is 0. The highest BCUT2D eigenvalue weighted by atomic mass is 16.2. The standard InChI is InChI=1S/C19H22N2O2/c1-13(15-9-5-3-6-10-15)19(17(20)22,18(21)23)14(2)16-11-7-4-8-12-16/h3-14H,1-2H3,(H2,20,22)(H2,21,23). The van der Waals surface area contributed by atoms with Crippen LogP contribution >= 0.6 is 0 Å². The topological polar surface area (TPSA) is 86.2 Å². The van der Waals surface area contributed by atoms with E-state index in [4.69, 9.17) is 11.5 Å². The molecule has 120 valence electrons. The van der Waals surface area contributed by atoms with E-state index in [1.165, 1.54) is 0 Å². The van der Waals surface area contributed by atoms with Crippen molar-refractivity contribution < 1.29 is 9.59 Å². The molecule has 4 nitrogen and oxygen atoms in total. The normalized spacial score (nSPS) is 14.0. The van der Waals surface area contributed by atoms with Crippen LogP contribution in [0, 0.1) is 5.41 Å². The fraction of sp³-hybridized carbons (Fsp3) is 0.263. The van der Waals surface area contributed by atoms with Gasteiger partial charge in [0.15, 0.2) is 0 Å². The molecule has 0 aliphatic rings. The molecular formula is C19H22N2O2. The average molecular weight is 310 g/mol. The van der Waals surface area contributed by atoms with Crippen molar-refractivity contribution in [3.63, 3.8) is 0 Å². The maximum absolute atomic E-state index is 12.4. The van der Waals surface area contributed by atoms with Crippen LogP contribution in [0.1, 0.15) is 36.8 Å². The summed E-state index contributed by atoms with van der Waals surface area (Å²) in [6.07, 6.45) is 0. The molecule has 0 saturated heterocycles. The molecule has 23 heavy (non-hydrogen) atoms. The Morgan fingerprint density at radius 2 is 1.04 bits per heavy atom. The highest BCUT2D eigenvalue weighted by molar-refractivity contribution is 6.05. The smallest absolute Gasteiger partial charge is 0.234 e. The number of primary amides is 2. The molecule has 2 aromatic rings. The molecule has 0 heterocycles. The Kier molecular flexibility index (Phi) is 4.84. The quantitative estimate of drug-likeness (QED) is 0.803. The average Bonchev–Trinajstić information content (AvgIpc) is 2.56. The van der Waals surface area contributed by atoms with Crippen LogP contribution in [-0.2, 0) is 9.59 Å². The van der Waals surface area contributed by atoms with Gasteiger partial charge in [-0.25, -0.2) is 0 Å². The van der Waals surface area contributed by atoms with Crippen LogP contribution in [0.2, 0.25) is 0 Å². The third kappa shape index (κ3) is 2.84. The molecule has 2 atom stereocenters. The number of hydrogen-bond acceptors (Lipinski definition) is 2. The van der Waals surface area contributed by atoms with Crippen molar-refractivity contribution >= 4 is 11.8 Å². The summed E-state index contributed by atoms with van der Waals surface area (Å²) in [5.74, 6) is -2.27. The zero-order valence-corrected chi connectivity index (χ0v) is 13.4. The van der Waals surface area contributed by atoms with Crippen LogP contribution in [0.15, 0.2) is 60.7 Å². The van der Waals surface area contributed by atoms with Crippen molar-refractivity contribution in [2.75, 3.05) is 0 Å².